The van der Waals surface area contributed by atoms with E-state index < -0.39 is 0 Å². The van der Waals surface area contributed by atoms with Gasteiger partial charge in [-0.25, -0.2) is 0 Å². The molecule has 0 unspecified atom stereocenters. The van der Waals surface area contributed by atoms with E-state index in [-0.39, 0.29) is 5.91 Å². The van der Waals surface area contributed by atoms with Crippen LogP contribution in [0.2, 0.25) is 0 Å². The second-order valence-electron chi connectivity index (χ2n) is 5.37. The molecular formula is C17H19N3O. The predicted molar refractivity (Wildman–Crippen MR) is 83.5 cm³/mol. The largest absolute Gasteiger partial charge is 0.326 e. The summed E-state index contributed by atoms with van der Waals surface area (Å²) in [5, 5.41) is 2.93. The zero-order valence-electron chi connectivity index (χ0n) is 11.9. The Hall–Kier alpha value is -2.17. The normalized spacial score (nSPS) is 14.0. The van der Waals surface area contributed by atoms with Gasteiger partial charge >= 0.3 is 0 Å². The van der Waals surface area contributed by atoms with Crippen molar-refractivity contribution >= 4 is 11.6 Å². The molecule has 4 nitrogen and oxygen atoms in total. The molecule has 1 amide bonds. The molecule has 3 rings (SSSR count). The summed E-state index contributed by atoms with van der Waals surface area (Å²) in [6.07, 6.45) is 0. The van der Waals surface area contributed by atoms with Crippen LogP contribution in [-0.2, 0) is 24.4 Å². The number of carbonyl (C=O) groups is 1. The van der Waals surface area contributed by atoms with Gasteiger partial charge in [0.25, 0.3) is 0 Å². The molecule has 108 valence electrons. The third-order valence-corrected chi connectivity index (χ3v) is 3.72. The number of benzene rings is 2. The monoisotopic (exact) mass is 281 g/mol. The van der Waals surface area contributed by atoms with Gasteiger partial charge in [-0.3, -0.25) is 9.69 Å². The Bertz CT molecular complexity index is 629. The number of carbonyl (C=O) groups excluding carboxylic acids is 1. The van der Waals surface area contributed by atoms with Crippen molar-refractivity contribution < 1.29 is 4.79 Å². The Labute approximate surface area is 124 Å². The number of nitrogens with one attached hydrogen (secondary N) is 1. The number of rotatable bonds is 4. The third kappa shape index (κ3) is 3.29. The summed E-state index contributed by atoms with van der Waals surface area (Å²) in [6, 6.07) is 16.0. The van der Waals surface area contributed by atoms with Gasteiger partial charge in [-0.15, -0.1) is 0 Å². The summed E-state index contributed by atoms with van der Waals surface area (Å²) < 4.78 is 0. The van der Waals surface area contributed by atoms with E-state index in [1.165, 1.54) is 11.1 Å². The molecule has 3 N–H and O–H groups in total. The van der Waals surface area contributed by atoms with Crippen LogP contribution in [0, 0.1) is 0 Å². The maximum Gasteiger partial charge on any atom is 0.238 e. The first kappa shape index (κ1) is 13.8. The van der Waals surface area contributed by atoms with Gasteiger partial charge in [0.1, 0.15) is 0 Å². The SMILES string of the molecule is NCc1cccc(NC(=O)CN2Cc3ccccc3C2)c1. The zero-order chi connectivity index (χ0) is 14.7. The predicted octanol–water partition coefficient (Wildman–Crippen LogP) is 2.10. The minimum atomic E-state index is 0.0111. The van der Waals surface area contributed by atoms with Gasteiger partial charge < -0.3 is 11.1 Å². The van der Waals surface area contributed by atoms with Crippen molar-refractivity contribution in [2.24, 2.45) is 5.73 Å². The van der Waals surface area contributed by atoms with Crippen molar-refractivity contribution in [2.45, 2.75) is 19.6 Å². The molecule has 0 spiro atoms. The van der Waals surface area contributed by atoms with Gasteiger partial charge in [-0.1, -0.05) is 36.4 Å². The molecule has 1 aliphatic rings. The summed E-state index contributed by atoms with van der Waals surface area (Å²) in [7, 11) is 0. The molecule has 1 heterocycles. The third-order valence-electron chi connectivity index (χ3n) is 3.72. The van der Waals surface area contributed by atoms with Crippen LogP contribution in [0.4, 0.5) is 5.69 Å². The molecule has 0 atom stereocenters. The van der Waals surface area contributed by atoms with Crippen molar-refractivity contribution in [3.8, 4) is 0 Å². The molecule has 2 aromatic rings. The highest BCUT2D eigenvalue weighted by Gasteiger charge is 2.20. The highest BCUT2D eigenvalue weighted by atomic mass is 16.2. The fourth-order valence-corrected chi connectivity index (χ4v) is 2.70. The Morgan fingerprint density at radius 3 is 2.48 bits per heavy atom. The second kappa shape index (κ2) is 6.08. The zero-order valence-corrected chi connectivity index (χ0v) is 11.9. The summed E-state index contributed by atoms with van der Waals surface area (Å²) >= 11 is 0. The average Bonchev–Trinajstić information content (AvgIpc) is 2.89. The van der Waals surface area contributed by atoms with Crippen LogP contribution in [0.3, 0.4) is 0 Å². The molecule has 0 fully saturated rings. The van der Waals surface area contributed by atoms with Crippen molar-refractivity contribution in [2.75, 3.05) is 11.9 Å². The van der Waals surface area contributed by atoms with Crippen LogP contribution in [0.25, 0.3) is 0 Å². The first-order valence-corrected chi connectivity index (χ1v) is 7.12. The molecule has 21 heavy (non-hydrogen) atoms. The van der Waals surface area contributed by atoms with Gasteiger partial charge in [0.05, 0.1) is 6.54 Å². The standard InChI is InChI=1S/C17H19N3O/c18-9-13-4-3-7-16(8-13)19-17(21)12-20-10-14-5-1-2-6-15(14)11-20/h1-8H,9-12,18H2,(H,19,21). The Morgan fingerprint density at radius 2 is 1.81 bits per heavy atom. The first-order valence-electron chi connectivity index (χ1n) is 7.12. The highest BCUT2D eigenvalue weighted by molar-refractivity contribution is 5.92. The Balaban J connectivity index is 1.58. The van der Waals surface area contributed by atoms with E-state index in [1.807, 2.05) is 36.4 Å². The lowest BCUT2D eigenvalue weighted by molar-refractivity contribution is -0.117. The number of anilines is 1. The van der Waals surface area contributed by atoms with Gasteiger partial charge in [-0.2, -0.15) is 0 Å². The van der Waals surface area contributed by atoms with Crippen LogP contribution in [-0.4, -0.2) is 17.4 Å². The molecule has 0 bridgehead atoms. The minimum Gasteiger partial charge on any atom is -0.326 e. The van der Waals surface area contributed by atoms with Crippen LogP contribution in [0.1, 0.15) is 16.7 Å². The van der Waals surface area contributed by atoms with Gasteiger partial charge in [0.2, 0.25) is 5.91 Å². The quantitative estimate of drug-likeness (QED) is 0.902. The smallest absolute Gasteiger partial charge is 0.238 e. The summed E-state index contributed by atoms with van der Waals surface area (Å²) in [5.74, 6) is 0.0111. The van der Waals surface area contributed by atoms with Gasteiger partial charge in [-0.05, 0) is 28.8 Å². The maximum atomic E-state index is 12.1. The summed E-state index contributed by atoms with van der Waals surface area (Å²) in [6.45, 7) is 2.56. The topological polar surface area (TPSA) is 58.4 Å². The molecule has 0 aliphatic carbocycles. The lowest BCUT2D eigenvalue weighted by Crippen LogP contribution is -2.29. The number of hydrogen-bond donors (Lipinski definition) is 2. The molecular weight excluding hydrogens is 262 g/mol. The number of amides is 1. The van der Waals surface area contributed by atoms with Crippen molar-refractivity contribution in [3.05, 3.63) is 65.2 Å². The molecule has 0 aromatic heterocycles. The van der Waals surface area contributed by atoms with E-state index in [0.717, 1.165) is 24.3 Å². The van der Waals surface area contributed by atoms with Gasteiger partial charge in [0, 0.05) is 25.3 Å². The van der Waals surface area contributed by atoms with E-state index in [2.05, 4.69) is 22.3 Å². The number of nitrogens with zero attached hydrogens (tertiary/aromatic N) is 1. The molecule has 0 radical (unpaired) electrons. The van der Waals surface area contributed by atoms with Crippen molar-refractivity contribution in [3.63, 3.8) is 0 Å². The molecule has 2 aromatic carbocycles. The molecule has 4 heteroatoms. The fourth-order valence-electron chi connectivity index (χ4n) is 2.70. The number of fused-ring (bicyclic) bond motifs is 1. The first-order chi connectivity index (χ1) is 10.2. The van der Waals surface area contributed by atoms with Crippen molar-refractivity contribution in [1.29, 1.82) is 0 Å². The van der Waals surface area contributed by atoms with E-state index in [1.54, 1.807) is 0 Å². The van der Waals surface area contributed by atoms with Gasteiger partial charge in [0.15, 0.2) is 0 Å². The molecule has 0 saturated heterocycles. The number of hydrogen-bond acceptors (Lipinski definition) is 3. The van der Waals surface area contributed by atoms with E-state index in [4.69, 9.17) is 5.73 Å². The Morgan fingerprint density at radius 1 is 1.10 bits per heavy atom. The van der Waals surface area contributed by atoms with Crippen LogP contribution >= 0.6 is 0 Å². The van der Waals surface area contributed by atoms with E-state index >= 15 is 0 Å². The maximum absolute atomic E-state index is 12.1. The molecule has 1 aliphatic heterocycles. The average molecular weight is 281 g/mol. The number of nitrogens with two attached hydrogens (primary N) is 1. The van der Waals surface area contributed by atoms with Crippen LogP contribution < -0.4 is 11.1 Å². The Kier molecular flexibility index (Phi) is 3.99. The highest BCUT2D eigenvalue weighted by Crippen LogP contribution is 2.21. The molecule has 0 saturated carbocycles. The van der Waals surface area contributed by atoms with Crippen molar-refractivity contribution in [1.82, 2.24) is 4.90 Å². The van der Waals surface area contributed by atoms with E-state index in [0.29, 0.717) is 13.1 Å². The minimum absolute atomic E-state index is 0.0111. The summed E-state index contributed by atoms with van der Waals surface area (Å²) in [5.41, 5.74) is 10.1. The lowest BCUT2D eigenvalue weighted by Gasteiger charge is -2.14. The summed E-state index contributed by atoms with van der Waals surface area (Å²) in [4.78, 5) is 14.3. The lowest BCUT2D eigenvalue weighted by atomic mass is 10.1. The van der Waals surface area contributed by atoms with Crippen LogP contribution in [0.5, 0.6) is 0 Å². The second-order valence-corrected chi connectivity index (χ2v) is 5.37. The van der Waals surface area contributed by atoms with E-state index in [9.17, 15) is 4.79 Å². The fraction of sp³-hybridized carbons (Fsp3) is 0.235. The van der Waals surface area contributed by atoms with Crippen LogP contribution in [0.15, 0.2) is 48.5 Å².